The molecule has 1 heterocycles. The fraction of sp³-hybridized carbons (Fsp3) is 0.286. The van der Waals surface area contributed by atoms with Gasteiger partial charge in [0.05, 0.1) is 0 Å². The van der Waals surface area contributed by atoms with Gasteiger partial charge in [-0.15, -0.1) is 0 Å². The zero-order chi connectivity index (χ0) is 8.97. The third-order valence-electron chi connectivity index (χ3n) is 1.16. The number of aromatic nitrogens is 3. The van der Waals surface area contributed by atoms with Crippen molar-refractivity contribution in [1.82, 2.24) is 19.7 Å². The topological polar surface area (TPSA) is 57.7 Å². The summed E-state index contributed by atoms with van der Waals surface area (Å²) >= 11 is 0. The van der Waals surface area contributed by atoms with Gasteiger partial charge in [-0.2, -0.15) is 10.4 Å². The summed E-state index contributed by atoms with van der Waals surface area (Å²) in [6.07, 6.45) is 4.55. The first kappa shape index (κ1) is 8.27. The monoisotopic (exact) mass is 163 g/mol. The molecule has 0 fully saturated rings. The van der Waals surface area contributed by atoms with Gasteiger partial charge < -0.3 is 4.90 Å². The summed E-state index contributed by atoms with van der Waals surface area (Å²) < 4.78 is 1.42. The summed E-state index contributed by atoms with van der Waals surface area (Å²) in [7, 11) is 3.68. The molecule has 0 saturated carbocycles. The van der Waals surface area contributed by atoms with Crippen molar-refractivity contribution >= 4 is 5.70 Å². The molecule has 5 heteroatoms. The van der Waals surface area contributed by atoms with Gasteiger partial charge in [-0.3, -0.25) is 0 Å². The van der Waals surface area contributed by atoms with Crippen LogP contribution in [0.2, 0.25) is 0 Å². The predicted octanol–water partition coefficient (Wildman–Crippen LogP) is 0.162. The van der Waals surface area contributed by atoms with E-state index in [1.54, 1.807) is 11.1 Å². The molecule has 0 atom stereocenters. The second-order valence-electron chi connectivity index (χ2n) is 2.43. The molecule has 62 valence electrons. The second kappa shape index (κ2) is 3.53. The van der Waals surface area contributed by atoms with Gasteiger partial charge in [-0.05, 0) is 0 Å². The van der Waals surface area contributed by atoms with Crippen LogP contribution in [0.1, 0.15) is 0 Å². The highest BCUT2D eigenvalue weighted by Gasteiger charge is 1.98. The van der Waals surface area contributed by atoms with E-state index in [0.29, 0.717) is 5.70 Å². The average molecular weight is 163 g/mol. The van der Waals surface area contributed by atoms with Gasteiger partial charge in [0, 0.05) is 20.3 Å². The van der Waals surface area contributed by atoms with Gasteiger partial charge in [-0.1, -0.05) is 0 Å². The van der Waals surface area contributed by atoms with E-state index < -0.39 is 0 Å². The Kier molecular flexibility index (Phi) is 2.43. The van der Waals surface area contributed by atoms with E-state index in [2.05, 4.69) is 10.1 Å². The van der Waals surface area contributed by atoms with Gasteiger partial charge >= 0.3 is 0 Å². The quantitative estimate of drug-likeness (QED) is 0.583. The van der Waals surface area contributed by atoms with E-state index in [1.807, 2.05) is 20.2 Å². The summed E-state index contributed by atoms with van der Waals surface area (Å²) in [6, 6.07) is 2.02. The summed E-state index contributed by atoms with van der Waals surface area (Å²) in [4.78, 5) is 5.52. The lowest BCUT2D eigenvalue weighted by molar-refractivity contribution is 0.562. The van der Waals surface area contributed by atoms with E-state index in [4.69, 9.17) is 5.26 Å². The first-order chi connectivity index (χ1) is 5.74. The maximum absolute atomic E-state index is 8.71. The molecule has 1 aromatic heterocycles. The molecule has 0 N–H and O–H groups in total. The minimum atomic E-state index is 0.442. The number of nitrogens with zero attached hydrogens (tertiary/aromatic N) is 5. The standard InChI is InChI=1S/C7H9N5/c1-11(2)4-7(3-8)12-6-9-5-10-12/h4-6H,1-2H3. The molecular weight excluding hydrogens is 154 g/mol. The smallest absolute Gasteiger partial charge is 0.159 e. The van der Waals surface area contributed by atoms with Crippen molar-refractivity contribution < 1.29 is 0 Å². The lowest BCUT2D eigenvalue weighted by atomic mass is 10.5. The molecule has 0 aliphatic rings. The first-order valence-electron chi connectivity index (χ1n) is 3.37. The van der Waals surface area contributed by atoms with Crippen LogP contribution in [-0.4, -0.2) is 33.8 Å². The molecule has 12 heavy (non-hydrogen) atoms. The molecule has 1 rings (SSSR count). The third-order valence-corrected chi connectivity index (χ3v) is 1.16. The first-order valence-corrected chi connectivity index (χ1v) is 3.37. The van der Waals surface area contributed by atoms with Gasteiger partial charge in [0.25, 0.3) is 0 Å². The molecule has 0 amide bonds. The zero-order valence-electron chi connectivity index (χ0n) is 6.97. The Hall–Kier alpha value is -1.83. The van der Waals surface area contributed by atoms with Crippen molar-refractivity contribution in [1.29, 1.82) is 5.26 Å². The molecule has 5 nitrogen and oxygen atoms in total. The summed E-state index contributed by atoms with van der Waals surface area (Å²) in [5.41, 5.74) is 0.442. The van der Waals surface area contributed by atoms with Crippen LogP contribution < -0.4 is 0 Å². The number of rotatable bonds is 2. The molecule has 0 unspecified atom stereocenters. The van der Waals surface area contributed by atoms with E-state index in [-0.39, 0.29) is 0 Å². The SMILES string of the molecule is CN(C)C=C(C#N)n1cncn1. The maximum Gasteiger partial charge on any atom is 0.159 e. The normalized spacial score (nSPS) is 10.9. The molecule has 0 radical (unpaired) electrons. The second-order valence-corrected chi connectivity index (χ2v) is 2.43. The van der Waals surface area contributed by atoms with Gasteiger partial charge in [-0.25, -0.2) is 9.67 Å². The van der Waals surface area contributed by atoms with Gasteiger partial charge in [0.1, 0.15) is 18.7 Å². The van der Waals surface area contributed by atoms with Crippen molar-refractivity contribution in [3.05, 3.63) is 18.9 Å². The molecule has 0 aliphatic carbocycles. The van der Waals surface area contributed by atoms with Gasteiger partial charge in [0.15, 0.2) is 5.70 Å². The van der Waals surface area contributed by atoms with Crippen molar-refractivity contribution in [2.24, 2.45) is 0 Å². The average Bonchev–Trinajstić information content (AvgIpc) is 2.51. The van der Waals surface area contributed by atoms with Crippen LogP contribution in [0, 0.1) is 11.3 Å². The highest BCUT2D eigenvalue weighted by atomic mass is 15.3. The van der Waals surface area contributed by atoms with Crippen molar-refractivity contribution in [2.75, 3.05) is 14.1 Å². The Bertz CT molecular complexity index is 303. The fourth-order valence-corrected chi connectivity index (χ4v) is 0.716. The fourth-order valence-electron chi connectivity index (χ4n) is 0.716. The highest BCUT2D eigenvalue weighted by Crippen LogP contribution is 1.99. The predicted molar refractivity (Wildman–Crippen MR) is 43.6 cm³/mol. The zero-order valence-corrected chi connectivity index (χ0v) is 6.97. The van der Waals surface area contributed by atoms with Crippen LogP contribution >= 0.6 is 0 Å². The molecular formula is C7H9N5. The van der Waals surface area contributed by atoms with E-state index in [1.165, 1.54) is 17.3 Å². The van der Waals surface area contributed by atoms with Crippen LogP contribution in [-0.2, 0) is 0 Å². The van der Waals surface area contributed by atoms with Crippen LogP contribution in [0.5, 0.6) is 0 Å². The lowest BCUT2D eigenvalue weighted by Crippen LogP contribution is -2.05. The molecule has 1 aromatic rings. The number of hydrogen-bond donors (Lipinski definition) is 0. The largest absolute Gasteiger partial charge is 0.381 e. The molecule has 0 spiro atoms. The molecule has 0 bridgehead atoms. The van der Waals surface area contributed by atoms with Crippen molar-refractivity contribution in [2.45, 2.75) is 0 Å². The Labute approximate surface area is 70.5 Å². The molecule has 0 aliphatic heterocycles. The summed E-state index contributed by atoms with van der Waals surface area (Å²) in [6.45, 7) is 0. The maximum atomic E-state index is 8.71. The Morgan fingerprint density at radius 1 is 1.67 bits per heavy atom. The lowest BCUT2D eigenvalue weighted by Gasteiger charge is -2.05. The third kappa shape index (κ3) is 1.83. The van der Waals surface area contributed by atoms with Crippen LogP contribution in [0.25, 0.3) is 5.70 Å². The number of allylic oxidation sites excluding steroid dienone is 1. The van der Waals surface area contributed by atoms with Gasteiger partial charge in [0.2, 0.25) is 0 Å². The van der Waals surface area contributed by atoms with Crippen LogP contribution in [0.4, 0.5) is 0 Å². The van der Waals surface area contributed by atoms with E-state index >= 15 is 0 Å². The van der Waals surface area contributed by atoms with E-state index in [0.717, 1.165) is 0 Å². The highest BCUT2D eigenvalue weighted by molar-refractivity contribution is 5.58. The minimum Gasteiger partial charge on any atom is -0.381 e. The van der Waals surface area contributed by atoms with E-state index in [9.17, 15) is 0 Å². The van der Waals surface area contributed by atoms with Crippen molar-refractivity contribution in [3.63, 3.8) is 0 Å². The van der Waals surface area contributed by atoms with Crippen LogP contribution in [0.3, 0.4) is 0 Å². The minimum absolute atomic E-state index is 0.442. The number of hydrogen-bond acceptors (Lipinski definition) is 4. The molecule has 0 aromatic carbocycles. The molecule has 0 saturated heterocycles. The Morgan fingerprint density at radius 3 is 2.83 bits per heavy atom. The van der Waals surface area contributed by atoms with Crippen LogP contribution in [0.15, 0.2) is 18.9 Å². The summed E-state index contributed by atoms with van der Waals surface area (Å²) in [5.74, 6) is 0. The number of nitriles is 1. The summed E-state index contributed by atoms with van der Waals surface area (Å²) in [5, 5.41) is 12.5. The Morgan fingerprint density at radius 2 is 2.42 bits per heavy atom. The van der Waals surface area contributed by atoms with Crippen molar-refractivity contribution in [3.8, 4) is 6.07 Å². The Balaban J connectivity index is 2.93.